The molecule has 2 N–H and O–H groups in total. The summed E-state index contributed by atoms with van der Waals surface area (Å²) in [7, 11) is 0. The van der Waals surface area contributed by atoms with Crippen molar-refractivity contribution in [3.63, 3.8) is 0 Å². The van der Waals surface area contributed by atoms with E-state index in [2.05, 4.69) is 55.7 Å². The lowest BCUT2D eigenvalue weighted by Gasteiger charge is -2.18. The lowest BCUT2D eigenvalue weighted by molar-refractivity contribution is -0.116. The highest BCUT2D eigenvalue weighted by Crippen LogP contribution is 2.32. The van der Waals surface area contributed by atoms with Crippen LogP contribution in [0.5, 0.6) is 0 Å². The molecule has 1 amide bonds. The van der Waals surface area contributed by atoms with Gasteiger partial charge in [0.2, 0.25) is 0 Å². The zero-order valence-electron chi connectivity index (χ0n) is 15.4. The molecule has 2 aromatic rings. The number of thioether (sulfide) groups is 1. The van der Waals surface area contributed by atoms with Crippen molar-refractivity contribution in [3.05, 3.63) is 69.1 Å². The van der Waals surface area contributed by atoms with E-state index in [1.54, 1.807) is 0 Å². The van der Waals surface area contributed by atoms with Gasteiger partial charge in [-0.05, 0) is 47.2 Å². The van der Waals surface area contributed by atoms with E-state index >= 15 is 0 Å². The summed E-state index contributed by atoms with van der Waals surface area (Å²) in [6, 6.07) is 14.0. The Morgan fingerprint density at radius 1 is 1.15 bits per heavy atom. The van der Waals surface area contributed by atoms with Gasteiger partial charge in [-0.25, -0.2) is 0 Å². The van der Waals surface area contributed by atoms with E-state index in [1.807, 2.05) is 31.2 Å². The van der Waals surface area contributed by atoms with Gasteiger partial charge in [0.15, 0.2) is 5.50 Å². The number of amides is 1. The minimum atomic E-state index is -0.209. The standard InChI is InChI=1S/C21H23ClN2OS/c1-13-5-10-16(22)12-17(13)23-20-24-19(25)18(26-20)11-14-6-8-15(9-7-14)21(2,3)4/h5-12,20,23H,1-4H3,(H,24,25)/b18-11-. The van der Waals surface area contributed by atoms with Gasteiger partial charge in [-0.1, -0.05) is 74.5 Å². The van der Waals surface area contributed by atoms with Crippen molar-refractivity contribution < 1.29 is 4.79 Å². The zero-order chi connectivity index (χ0) is 18.9. The maximum absolute atomic E-state index is 12.3. The van der Waals surface area contributed by atoms with Gasteiger partial charge in [0.1, 0.15) is 0 Å². The third-order valence-corrected chi connectivity index (χ3v) is 5.56. The van der Waals surface area contributed by atoms with E-state index in [0.29, 0.717) is 9.93 Å². The summed E-state index contributed by atoms with van der Waals surface area (Å²) in [5.41, 5.74) is 4.22. The van der Waals surface area contributed by atoms with Crippen LogP contribution in [0.25, 0.3) is 6.08 Å². The van der Waals surface area contributed by atoms with E-state index in [0.717, 1.165) is 16.8 Å². The van der Waals surface area contributed by atoms with Gasteiger partial charge in [-0.3, -0.25) is 4.79 Å². The summed E-state index contributed by atoms with van der Waals surface area (Å²) in [5, 5.41) is 6.96. The second-order valence-electron chi connectivity index (χ2n) is 7.46. The molecule has 1 saturated heterocycles. The lowest BCUT2D eigenvalue weighted by Crippen LogP contribution is -2.31. The van der Waals surface area contributed by atoms with Crippen molar-refractivity contribution in [1.82, 2.24) is 5.32 Å². The number of benzene rings is 2. The maximum atomic E-state index is 12.3. The molecular formula is C21H23ClN2OS. The molecule has 0 radical (unpaired) electrons. The molecular weight excluding hydrogens is 364 g/mol. The topological polar surface area (TPSA) is 41.1 Å². The zero-order valence-corrected chi connectivity index (χ0v) is 17.0. The highest BCUT2D eigenvalue weighted by molar-refractivity contribution is 8.05. The Hall–Kier alpha value is -1.91. The largest absolute Gasteiger partial charge is 0.356 e. The highest BCUT2D eigenvalue weighted by atomic mass is 35.5. The quantitative estimate of drug-likeness (QED) is 0.680. The van der Waals surface area contributed by atoms with E-state index in [-0.39, 0.29) is 16.8 Å². The van der Waals surface area contributed by atoms with E-state index < -0.39 is 0 Å². The predicted octanol–water partition coefficient (Wildman–Crippen LogP) is 5.55. The molecule has 2 aromatic carbocycles. The lowest BCUT2D eigenvalue weighted by atomic mass is 9.87. The predicted molar refractivity (Wildman–Crippen MR) is 112 cm³/mol. The van der Waals surface area contributed by atoms with Crippen molar-refractivity contribution in [2.75, 3.05) is 5.32 Å². The fraction of sp³-hybridized carbons (Fsp3) is 0.286. The normalized spacial score (nSPS) is 18.9. The van der Waals surface area contributed by atoms with Gasteiger partial charge in [-0.15, -0.1) is 0 Å². The smallest absolute Gasteiger partial charge is 0.260 e. The molecule has 0 aliphatic carbocycles. The molecule has 1 aliphatic rings. The Morgan fingerprint density at radius 3 is 2.50 bits per heavy atom. The Kier molecular flexibility index (Phi) is 5.35. The van der Waals surface area contributed by atoms with Crippen molar-refractivity contribution in [1.29, 1.82) is 0 Å². The number of anilines is 1. The number of halogens is 1. The molecule has 1 aliphatic heterocycles. The monoisotopic (exact) mass is 386 g/mol. The Morgan fingerprint density at radius 2 is 1.85 bits per heavy atom. The third-order valence-electron chi connectivity index (χ3n) is 4.29. The van der Waals surface area contributed by atoms with Gasteiger partial charge >= 0.3 is 0 Å². The van der Waals surface area contributed by atoms with Crippen LogP contribution >= 0.6 is 23.4 Å². The Bertz CT molecular complexity index is 853. The first-order chi connectivity index (χ1) is 12.2. The van der Waals surface area contributed by atoms with E-state index in [4.69, 9.17) is 11.6 Å². The number of carbonyl (C=O) groups excluding carboxylic acids is 1. The first-order valence-corrected chi connectivity index (χ1v) is 9.80. The Labute approximate surface area is 164 Å². The van der Waals surface area contributed by atoms with Crippen molar-refractivity contribution in [3.8, 4) is 0 Å². The summed E-state index contributed by atoms with van der Waals surface area (Å²) in [5.74, 6) is -0.0629. The van der Waals surface area contributed by atoms with Gasteiger partial charge in [0, 0.05) is 10.7 Å². The van der Waals surface area contributed by atoms with Crippen LogP contribution in [0.2, 0.25) is 5.02 Å². The van der Waals surface area contributed by atoms with Crippen molar-refractivity contribution >= 4 is 41.0 Å². The second-order valence-corrected chi connectivity index (χ2v) is 9.04. The fourth-order valence-corrected chi connectivity index (χ4v) is 3.83. The van der Waals surface area contributed by atoms with Crippen LogP contribution in [0.1, 0.15) is 37.5 Å². The van der Waals surface area contributed by atoms with Crippen LogP contribution < -0.4 is 10.6 Å². The summed E-state index contributed by atoms with van der Waals surface area (Å²) < 4.78 is 0. The first kappa shape index (κ1) is 18.9. The average molecular weight is 387 g/mol. The molecule has 26 heavy (non-hydrogen) atoms. The molecule has 1 fully saturated rings. The van der Waals surface area contributed by atoms with Gasteiger partial charge in [0.25, 0.3) is 5.91 Å². The molecule has 136 valence electrons. The number of rotatable bonds is 3. The second kappa shape index (κ2) is 7.37. The minimum absolute atomic E-state index is 0.0629. The minimum Gasteiger partial charge on any atom is -0.356 e. The number of carbonyl (C=O) groups is 1. The summed E-state index contributed by atoms with van der Waals surface area (Å²) in [4.78, 5) is 13.0. The molecule has 1 heterocycles. The molecule has 0 saturated carbocycles. The van der Waals surface area contributed by atoms with Crippen LogP contribution in [-0.2, 0) is 10.2 Å². The molecule has 1 unspecified atom stereocenters. The van der Waals surface area contributed by atoms with Crippen LogP contribution in [0.4, 0.5) is 5.69 Å². The summed E-state index contributed by atoms with van der Waals surface area (Å²) >= 11 is 7.55. The first-order valence-electron chi connectivity index (χ1n) is 8.55. The van der Waals surface area contributed by atoms with Crippen LogP contribution in [-0.4, -0.2) is 11.4 Å². The average Bonchev–Trinajstić information content (AvgIpc) is 2.90. The molecule has 3 nitrogen and oxygen atoms in total. The van der Waals surface area contributed by atoms with Crippen molar-refractivity contribution in [2.24, 2.45) is 0 Å². The fourth-order valence-electron chi connectivity index (χ4n) is 2.69. The SMILES string of the molecule is Cc1ccc(Cl)cc1NC1NC(=O)/C(=C/c2ccc(C(C)(C)C)cc2)S1. The van der Waals surface area contributed by atoms with E-state index in [1.165, 1.54) is 17.3 Å². The molecule has 5 heteroatoms. The maximum Gasteiger partial charge on any atom is 0.260 e. The number of aryl methyl sites for hydroxylation is 1. The Balaban J connectivity index is 1.73. The van der Waals surface area contributed by atoms with Gasteiger partial charge in [-0.2, -0.15) is 0 Å². The van der Waals surface area contributed by atoms with E-state index in [9.17, 15) is 4.79 Å². The number of hydrogen-bond donors (Lipinski definition) is 2. The summed E-state index contributed by atoms with van der Waals surface area (Å²) in [6.45, 7) is 8.58. The molecule has 0 spiro atoms. The molecule has 1 atom stereocenters. The van der Waals surface area contributed by atoms with Gasteiger partial charge in [0.05, 0.1) is 4.91 Å². The molecule has 0 aromatic heterocycles. The number of hydrogen-bond acceptors (Lipinski definition) is 3. The third kappa shape index (κ3) is 4.43. The van der Waals surface area contributed by atoms with Crippen LogP contribution in [0.15, 0.2) is 47.4 Å². The highest BCUT2D eigenvalue weighted by Gasteiger charge is 2.27. The van der Waals surface area contributed by atoms with Crippen LogP contribution in [0.3, 0.4) is 0 Å². The number of nitrogens with one attached hydrogen (secondary N) is 2. The van der Waals surface area contributed by atoms with Gasteiger partial charge < -0.3 is 10.6 Å². The molecule has 3 rings (SSSR count). The van der Waals surface area contributed by atoms with Crippen molar-refractivity contribution in [2.45, 2.75) is 38.6 Å². The van der Waals surface area contributed by atoms with Crippen LogP contribution in [0, 0.1) is 6.92 Å². The molecule has 0 bridgehead atoms. The summed E-state index contributed by atoms with van der Waals surface area (Å²) in [6.07, 6.45) is 1.93.